The maximum Gasteiger partial charge on any atom is 0.221 e. The molecule has 1 N–H and O–H groups in total. The number of nitrogens with one attached hydrogen (secondary N) is 1. The number of tetrazole rings is 1. The fourth-order valence-electron chi connectivity index (χ4n) is 2.23. The Balaban J connectivity index is 1.61. The molecular weight excluding hydrogens is 409 g/mol. The number of halogens is 2. The quantitative estimate of drug-likeness (QED) is 0.454. The summed E-state index contributed by atoms with van der Waals surface area (Å²) in [5.41, 5.74) is 1.42. The van der Waals surface area contributed by atoms with Gasteiger partial charge in [0.15, 0.2) is 0 Å². The first kappa shape index (κ1) is 19.5. The molecule has 0 fully saturated rings. The van der Waals surface area contributed by atoms with Crippen molar-refractivity contribution in [1.29, 1.82) is 0 Å². The summed E-state index contributed by atoms with van der Waals surface area (Å²) in [5, 5.41) is 16.1. The van der Waals surface area contributed by atoms with E-state index in [0.29, 0.717) is 39.0 Å². The number of nitrogens with zero attached hydrogens (tertiary/aromatic N) is 4. The number of amides is 1. The molecule has 1 amide bonds. The van der Waals surface area contributed by atoms with Crippen LogP contribution in [0.4, 0.5) is 5.69 Å². The van der Waals surface area contributed by atoms with Crippen molar-refractivity contribution < 1.29 is 9.53 Å². The van der Waals surface area contributed by atoms with Gasteiger partial charge in [0.1, 0.15) is 5.75 Å². The van der Waals surface area contributed by atoms with Crippen molar-refractivity contribution in [3.8, 4) is 11.4 Å². The normalized spacial score (nSPS) is 10.6. The molecule has 0 radical (unpaired) electrons. The molecule has 10 heteroatoms. The first-order chi connectivity index (χ1) is 13.0. The maximum absolute atomic E-state index is 11.2. The lowest BCUT2D eigenvalue weighted by Crippen LogP contribution is -2.07. The number of carbonyl (C=O) groups is 1. The minimum Gasteiger partial charge on any atom is -0.491 e. The molecule has 3 aromatic rings. The summed E-state index contributed by atoms with van der Waals surface area (Å²) in [5.74, 6) is 1.05. The van der Waals surface area contributed by atoms with E-state index in [2.05, 4.69) is 20.8 Å². The highest BCUT2D eigenvalue weighted by atomic mass is 35.5. The SMILES string of the molecule is CC(=O)Nc1cccc(-n2nnnc2SCCOc2ccc(Cl)cc2Cl)c1. The average molecular weight is 424 g/mol. The first-order valence-electron chi connectivity index (χ1n) is 7.90. The van der Waals surface area contributed by atoms with Gasteiger partial charge in [0, 0.05) is 23.4 Å². The molecule has 0 unspecified atom stereocenters. The van der Waals surface area contributed by atoms with Gasteiger partial charge in [0.05, 0.1) is 17.3 Å². The fourth-order valence-corrected chi connectivity index (χ4v) is 3.40. The Morgan fingerprint density at radius 2 is 2.11 bits per heavy atom. The van der Waals surface area contributed by atoms with Crippen LogP contribution in [0.2, 0.25) is 10.0 Å². The third-order valence-corrected chi connectivity index (χ3v) is 4.73. The summed E-state index contributed by atoms with van der Waals surface area (Å²) >= 11 is 13.4. The van der Waals surface area contributed by atoms with Gasteiger partial charge in [-0.2, -0.15) is 4.68 Å². The van der Waals surface area contributed by atoms with E-state index >= 15 is 0 Å². The molecule has 27 heavy (non-hydrogen) atoms. The molecular formula is C17H15Cl2N5O2S. The van der Waals surface area contributed by atoms with Crippen molar-refractivity contribution in [3.05, 3.63) is 52.5 Å². The maximum atomic E-state index is 11.2. The lowest BCUT2D eigenvalue weighted by Gasteiger charge is -2.09. The molecule has 0 aliphatic heterocycles. The molecule has 140 valence electrons. The van der Waals surface area contributed by atoms with Crippen LogP contribution >= 0.6 is 35.0 Å². The Labute approximate surface area is 170 Å². The van der Waals surface area contributed by atoms with Crippen molar-refractivity contribution in [1.82, 2.24) is 20.2 Å². The van der Waals surface area contributed by atoms with Gasteiger partial charge in [-0.3, -0.25) is 4.79 Å². The van der Waals surface area contributed by atoms with Crippen LogP contribution in [0.15, 0.2) is 47.6 Å². The van der Waals surface area contributed by atoms with Gasteiger partial charge < -0.3 is 10.1 Å². The van der Waals surface area contributed by atoms with E-state index in [1.807, 2.05) is 12.1 Å². The Morgan fingerprint density at radius 1 is 1.26 bits per heavy atom. The predicted octanol–water partition coefficient (Wildman–Crippen LogP) is 4.10. The largest absolute Gasteiger partial charge is 0.491 e. The van der Waals surface area contributed by atoms with Crippen LogP contribution < -0.4 is 10.1 Å². The number of carbonyl (C=O) groups excluding carboxylic acids is 1. The minimum absolute atomic E-state index is 0.142. The van der Waals surface area contributed by atoms with Gasteiger partial charge in [0.2, 0.25) is 11.1 Å². The lowest BCUT2D eigenvalue weighted by molar-refractivity contribution is -0.114. The summed E-state index contributed by atoms with van der Waals surface area (Å²) in [6.07, 6.45) is 0. The molecule has 0 aliphatic rings. The van der Waals surface area contributed by atoms with Crippen LogP contribution in [0.1, 0.15) is 6.92 Å². The van der Waals surface area contributed by atoms with Gasteiger partial charge in [-0.25, -0.2) is 0 Å². The standard InChI is InChI=1S/C17H15Cl2N5O2S/c1-11(25)20-13-3-2-4-14(10-13)24-17(21-22-23-24)27-8-7-26-16-6-5-12(18)9-15(16)19/h2-6,9-10H,7-8H2,1H3,(H,20,25). The molecule has 0 bridgehead atoms. The van der Waals surface area contributed by atoms with Crippen molar-refractivity contribution in [2.24, 2.45) is 0 Å². The third-order valence-electron chi connectivity index (χ3n) is 3.32. The first-order valence-corrected chi connectivity index (χ1v) is 9.64. The average Bonchev–Trinajstić information content (AvgIpc) is 3.08. The second-order valence-corrected chi connectivity index (χ2v) is 7.28. The second kappa shape index (κ2) is 9.07. The van der Waals surface area contributed by atoms with E-state index in [1.54, 1.807) is 35.0 Å². The molecule has 3 rings (SSSR count). The van der Waals surface area contributed by atoms with E-state index in [1.165, 1.54) is 18.7 Å². The zero-order chi connectivity index (χ0) is 19.2. The highest BCUT2D eigenvalue weighted by Crippen LogP contribution is 2.28. The summed E-state index contributed by atoms with van der Waals surface area (Å²) in [6.45, 7) is 1.88. The van der Waals surface area contributed by atoms with Gasteiger partial charge >= 0.3 is 0 Å². The highest BCUT2D eigenvalue weighted by Gasteiger charge is 2.10. The monoisotopic (exact) mass is 423 g/mol. The molecule has 0 saturated heterocycles. The van der Waals surface area contributed by atoms with Gasteiger partial charge in [0.25, 0.3) is 0 Å². The number of thioether (sulfide) groups is 1. The Hall–Kier alpha value is -2.29. The van der Waals surface area contributed by atoms with E-state index in [9.17, 15) is 4.79 Å². The lowest BCUT2D eigenvalue weighted by atomic mass is 10.3. The number of benzene rings is 2. The molecule has 0 saturated carbocycles. The fraction of sp³-hybridized carbons (Fsp3) is 0.176. The van der Waals surface area contributed by atoms with E-state index < -0.39 is 0 Å². The number of anilines is 1. The van der Waals surface area contributed by atoms with E-state index in [-0.39, 0.29) is 5.91 Å². The van der Waals surface area contributed by atoms with Gasteiger partial charge in [-0.1, -0.05) is 41.0 Å². The smallest absolute Gasteiger partial charge is 0.221 e. The summed E-state index contributed by atoms with van der Waals surface area (Å²) in [4.78, 5) is 11.2. The second-order valence-electron chi connectivity index (χ2n) is 5.38. The van der Waals surface area contributed by atoms with Crippen LogP contribution in [0.25, 0.3) is 5.69 Å². The molecule has 1 heterocycles. The zero-order valence-electron chi connectivity index (χ0n) is 14.2. The number of rotatable bonds is 7. The van der Waals surface area contributed by atoms with Crippen molar-refractivity contribution in [3.63, 3.8) is 0 Å². The summed E-state index contributed by atoms with van der Waals surface area (Å²) < 4.78 is 7.26. The van der Waals surface area contributed by atoms with Crippen molar-refractivity contribution in [2.75, 3.05) is 17.7 Å². The van der Waals surface area contributed by atoms with E-state index in [0.717, 1.165) is 5.69 Å². The van der Waals surface area contributed by atoms with Crippen LogP contribution in [-0.4, -0.2) is 38.5 Å². The molecule has 2 aromatic carbocycles. The molecule has 0 aliphatic carbocycles. The van der Waals surface area contributed by atoms with Crippen molar-refractivity contribution >= 4 is 46.6 Å². The number of hydrogen-bond acceptors (Lipinski definition) is 6. The molecule has 0 spiro atoms. The molecule has 7 nitrogen and oxygen atoms in total. The Bertz CT molecular complexity index is 951. The summed E-state index contributed by atoms with van der Waals surface area (Å²) in [6, 6.07) is 12.4. The number of aromatic nitrogens is 4. The summed E-state index contributed by atoms with van der Waals surface area (Å²) in [7, 11) is 0. The Kier molecular flexibility index (Phi) is 6.54. The van der Waals surface area contributed by atoms with Crippen LogP contribution in [0.3, 0.4) is 0 Å². The van der Waals surface area contributed by atoms with Crippen molar-refractivity contribution in [2.45, 2.75) is 12.1 Å². The topological polar surface area (TPSA) is 81.9 Å². The Morgan fingerprint density at radius 3 is 2.89 bits per heavy atom. The number of hydrogen-bond donors (Lipinski definition) is 1. The van der Waals surface area contributed by atoms with Gasteiger partial charge in [-0.15, -0.1) is 5.10 Å². The van der Waals surface area contributed by atoms with Crippen LogP contribution in [0.5, 0.6) is 5.75 Å². The zero-order valence-corrected chi connectivity index (χ0v) is 16.6. The highest BCUT2D eigenvalue weighted by molar-refractivity contribution is 7.99. The predicted molar refractivity (Wildman–Crippen MR) is 106 cm³/mol. The van der Waals surface area contributed by atoms with Crippen LogP contribution in [-0.2, 0) is 4.79 Å². The number of ether oxygens (including phenoxy) is 1. The van der Waals surface area contributed by atoms with Gasteiger partial charge in [-0.05, 0) is 46.8 Å². The third kappa shape index (κ3) is 5.35. The van der Waals surface area contributed by atoms with Crippen LogP contribution in [0, 0.1) is 0 Å². The molecule has 1 aromatic heterocycles. The molecule has 0 atom stereocenters. The minimum atomic E-state index is -0.142. The van der Waals surface area contributed by atoms with E-state index in [4.69, 9.17) is 27.9 Å².